The van der Waals surface area contributed by atoms with Crippen molar-refractivity contribution in [3.05, 3.63) is 23.8 Å². The third kappa shape index (κ3) is 6.87. The molecule has 1 aromatic rings. The summed E-state index contributed by atoms with van der Waals surface area (Å²) in [5.74, 6) is 2.71. The molecule has 0 aromatic heterocycles. The van der Waals surface area contributed by atoms with Crippen LogP contribution in [0.4, 0.5) is 0 Å². The lowest BCUT2D eigenvalue weighted by molar-refractivity contribution is 0.171. The lowest BCUT2D eigenvalue weighted by Crippen LogP contribution is -2.52. The number of guanidine groups is 1. The molecular weight excluding hydrogens is 380 g/mol. The third-order valence-electron chi connectivity index (χ3n) is 4.74. The Morgan fingerprint density at radius 1 is 1.18 bits per heavy atom. The number of aliphatic imine (C=N–C) groups is 1. The number of ether oxygens (including phenoxy) is 2. The van der Waals surface area contributed by atoms with E-state index in [1.54, 1.807) is 21.3 Å². The van der Waals surface area contributed by atoms with E-state index >= 15 is 0 Å². The summed E-state index contributed by atoms with van der Waals surface area (Å²) in [5.41, 5.74) is 1.11. The molecule has 8 nitrogen and oxygen atoms in total. The minimum Gasteiger partial charge on any atom is -0.497 e. The second-order valence-electron chi connectivity index (χ2n) is 6.90. The largest absolute Gasteiger partial charge is 0.497 e. The molecule has 0 bridgehead atoms. The Balaban J connectivity index is 1.85. The van der Waals surface area contributed by atoms with E-state index in [4.69, 9.17) is 9.47 Å². The zero-order chi connectivity index (χ0) is 20.6. The van der Waals surface area contributed by atoms with Gasteiger partial charge in [-0.05, 0) is 24.6 Å². The fourth-order valence-electron chi connectivity index (χ4n) is 3.23. The summed E-state index contributed by atoms with van der Waals surface area (Å²) in [7, 11) is 2.18. The Bertz CT molecular complexity index is 759. The van der Waals surface area contributed by atoms with Gasteiger partial charge in [-0.3, -0.25) is 9.89 Å². The Morgan fingerprint density at radius 2 is 1.89 bits per heavy atom. The SMILES string of the molecule is CN=C(NCCCS(C)(=O)=O)N1CCN(Cc2cc(OC)ccc2OC)CC1. The van der Waals surface area contributed by atoms with Gasteiger partial charge in [0.1, 0.15) is 21.3 Å². The van der Waals surface area contributed by atoms with Crippen molar-refractivity contribution >= 4 is 15.8 Å². The van der Waals surface area contributed by atoms with Crippen LogP contribution in [0.25, 0.3) is 0 Å². The molecule has 2 rings (SSSR count). The van der Waals surface area contributed by atoms with E-state index < -0.39 is 9.84 Å². The maximum Gasteiger partial charge on any atom is 0.193 e. The standard InChI is InChI=1S/C19H32N4O4S/c1-20-19(21-8-5-13-28(4,24)25)23-11-9-22(10-12-23)15-16-14-17(26-2)6-7-18(16)27-3/h6-7,14H,5,8-13,15H2,1-4H3,(H,20,21). The van der Waals surface area contributed by atoms with Crippen LogP contribution >= 0.6 is 0 Å². The summed E-state index contributed by atoms with van der Waals surface area (Å²) in [6.07, 6.45) is 1.84. The van der Waals surface area contributed by atoms with Crippen molar-refractivity contribution < 1.29 is 17.9 Å². The van der Waals surface area contributed by atoms with Gasteiger partial charge < -0.3 is 19.7 Å². The lowest BCUT2D eigenvalue weighted by atomic mass is 10.1. The molecule has 1 fully saturated rings. The molecule has 1 heterocycles. The van der Waals surface area contributed by atoms with Crippen LogP contribution in [0.3, 0.4) is 0 Å². The highest BCUT2D eigenvalue weighted by atomic mass is 32.2. The lowest BCUT2D eigenvalue weighted by Gasteiger charge is -2.36. The summed E-state index contributed by atoms with van der Waals surface area (Å²) >= 11 is 0. The van der Waals surface area contributed by atoms with Crippen molar-refractivity contribution in [1.29, 1.82) is 0 Å². The average molecular weight is 413 g/mol. The molecule has 0 aliphatic carbocycles. The van der Waals surface area contributed by atoms with Gasteiger partial charge in [-0.15, -0.1) is 0 Å². The number of methoxy groups -OCH3 is 2. The van der Waals surface area contributed by atoms with Crippen LogP contribution in [-0.2, 0) is 16.4 Å². The van der Waals surface area contributed by atoms with Gasteiger partial charge in [0, 0.05) is 58.1 Å². The monoisotopic (exact) mass is 412 g/mol. The number of rotatable bonds is 8. The first-order valence-electron chi connectivity index (χ1n) is 9.43. The number of piperazine rings is 1. The smallest absolute Gasteiger partial charge is 0.193 e. The fourth-order valence-corrected chi connectivity index (χ4v) is 3.90. The number of hydrogen-bond acceptors (Lipinski definition) is 6. The summed E-state index contributed by atoms with van der Waals surface area (Å²) < 4.78 is 33.3. The van der Waals surface area contributed by atoms with Crippen molar-refractivity contribution in [2.24, 2.45) is 4.99 Å². The molecule has 0 amide bonds. The van der Waals surface area contributed by atoms with E-state index in [0.717, 1.165) is 55.7 Å². The molecule has 0 radical (unpaired) electrons. The Labute approximate surface area is 168 Å². The van der Waals surface area contributed by atoms with E-state index in [1.807, 2.05) is 18.2 Å². The topological polar surface area (TPSA) is 83.5 Å². The van der Waals surface area contributed by atoms with Crippen molar-refractivity contribution in [3.8, 4) is 11.5 Å². The predicted molar refractivity (Wildman–Crippen MR) is 112 cm³/mol. The van der Waals surface area contributed by atoms with Crippen LogP contribution in [0.15, 0.2) is 23.2 Å². The van der Waals surface area contributed by atoms with Crippen molar-refractivity contribution in [2.75, 3.05) is 66.0 Å². The molecule has 0 atom stereocenters. The summed E-state index contributed by atoms with van der Waals surface area (Å²) in [6, 6.07) is 5.86. The molecule has 0 spiro atoms. The van der Waals surface area contributed by atoms with Gasteiger partial charge in [0.25, 0.3) is 0 Å². The van der Waals surface area contributed by atoms with Gasteiger partial charge in [0.15, 0.2) is 5.96 Å². The minimum absolute atomic E-state index is 0.188. The number of sulfone groups is 1. The van der Waals surface area contributed by atoms with Gasteiger partial charge in [-0.2, -0.15) is 0 Å². The maximum atomic E-state index is 11.2. The van der Waals surface area contributed by atoms with Crippen LogP contribution in [0.1, 0.15) is 12.0 Å². The van der Waals surface area contributed by atoms with Gasteiger partial charge in [-0.1, -0.05) is 0 Å². The summed E-state index contributed by atoms with van der Waals surface area (Å²) in [4.78, 5) is 8.92. The average Bonchev–Trinajstić information content (AvgIpc) is 2.68. The normalized spacial score (nSPS) is 16.1. The van der Waals surface area contributed by atoms with Crippen molar-refractivity contribution in [3.63, 3.8) is 0 Å². The molecule has 1 saturated heterocycles. The van der Waals surface area contributed by atoms with Crippen LogP contribution in [0.5, 0.6) is 11.5 Å². The molecule has 0 saturated carbocycles. The Morgan fingerprint density at radius 3 is 2.46 bits per heavy atom. The van der Waals surface area contributed by atoms with Crippen LogP contribution < -0.4 is 14.8 Å². The molecule has 0 unspecified atom stereocenters. The highest BCUT2D eigenvalue weighted by molar-refractivity contribution is 7.90. The summed E-state index contributed by atoms with van der Waals surface area (Å²) in [5, 5.41) is 3.27. The zero-order valence-electron chi connectivity index (χ0n) is 17.3. The second-order valence-corrected chi connectivity index (χ2v) is 9.16. The molecule has 158 valence electrons. The Kier molecular flexibility index (Phi) is 8.37. The summed E-state index contributed by atoms with van der Waals surface area (Å²) in [6.45, 7) is 4.93. The predicted octanol–water partition coefficient (Wildman–Crippen LogP) is 0.832. The van der Waals surface area contributed by atoms with E-state index in [1.165, 1.54) is 6.26 Å². The first-order chi connectivity index (χ1) is 13.4. The van der Waals surface area contributed by atoms with E-state index in [0.29, 0.717) is 13.0 Å². The second kappa shape index (κ2) is 10.5. The van der Waals surface area contributed by atoms with E-state index in [2.05, 4.69) is 20.1 Å². The van der Waals surface area contributed by atoms with Crippen LogP contribution in [0.2, 0.25) is 0 Å². The van der Waals surface area contributed by atoms with Crippen molar-refractivity contribution in [1.82, 2.24) is 15.1 Å². The highest BCUT2D eigenvalue weighted by Crippen LogP contribution is 2.25. The number of benzene rings is 1. The number of nitrogens with zero attached hydrogens (tertiary/aromatic N) is 3. The van der Waals surface area contributed by atoms with Crippen molar-refractivity contribution in [2.45, 2.75) is 13.0 Å². The highest BCUT2D eigenvalue weighted by Gasteiger charge is 2.20. The Hall–Kier alpha value is -2.00. The van der Waals surface area contributed by atoms with Gasteiger partial charge in [-0.25, -0.2) is 8.42 Å². The van der Waals surface area contributed by atoms with E-state index in [9.17, 15) is 8.42 Å². The maximum absolute atomic E-state index is 11.2. The first kappa shape index (κ1) is 22.3. The molecule has 1 aromatic carbocycles. The fraction of sp³-hybridized carbons (Fsp3) is 0.632. The number of hydrogen-bond donors (Lipinski definition) is 1. The third-order valence-corrected chi connectivity index (χ3v) is 5.77. The molecule has 28 heavy (non-hydrogen) atoms. The number of nitrogens with one attached hydrogen (secondary N) is 1. The van der Waals surface area contributed by atoms with Gasteiger partial charge in [0.2, 0.25) is 0 Å². The van der Waals surface area contributed by atoms with Crippen LogP contribution in [0, 0.1) is 0 Å². The van der Waals surface area contributed by atoms with Gasteiger partial charge >= 0.3 is 0 Å². The van der Waals surface area contributed by atoms with Gasteiger partial charge in [0.05, 0.1) is 20.0 Å². The molecule has 1 aliphatic rings. The zero-order valence-corrected chi connectivity index (χ0v) is 18.1. The molecule has 9 heteroatoms. The first-order valence-corrected chi connectivity index (χ1v) is 11.5. The molecule has 1 aliphatic heterocycles. The van der Waals surface area contributed by atoms with Crippen LogP contribution in [-0.4, -0.2) is 90.2 Å². The quantitative estimate of drug-likeness (QED) is 0.385. The van der Waals surface area contributed by atoms with E-state index in [-0.39, 0.29) is 5.75 Å². The molecular formula is C19H32N4O4S. The minimum atomic E-state index is -2.92. The molecule has 1 N–H and O–H groups in total.